The van der Waals surface area contributed by atoms with Crippen LogP contribution in [-0.4, -0.2) is 0 Å². The fraction of sp³-hybridized carbons (Fsp3) is 0.111. The van der Waals surface area contributed by atoms with Crippen LogP contribution >= 0.6 is 49.9 Å². The Labute approximate surface area is 101 Å². The summed E-state index contributed by atoms with van der Waals surface area (Å²) in [6.45, 7) is 0. The fourth-order valence-corrected chi connectivity index (χ4v) is 3.52. The van der Waals surface area contributed by atoms with Crippen molar-refractivity contribution in [3.8, 4) is 0 Å². The molecular weight excluding hydrogens is 366 g/mol. The van der Waals surface area contributed by atoms with Gasteiger partial charge in [-0.3, -0.25) is 0 Å². The number of halogens is 3. The molecule has 0 nitrogen and oxygen atoms in total. The summed E-state index contributed by atoms with van der Waals surface area (Å²) < 4.78 is 15.0. The van der Waals surface area contributed by atoms with Crippen molar-refractivity contribution < 1.29 is 4.39 Å². The van der Waals surface area contributed by atoms with Crippen LogP contribution in [0.15, 0.2) is 17.5 Å². The van der Waals surface area contributed by atoms with E-state index in [1.807, 2.05) is 40.1 Å². The van der Waals surface area contributed by atoms with Crippen molar-refractivity contribution in [3.05, 3.63) is 32.5 Å². The largest absolute Gasteiger partial charge is 0.204 e. The zero-order chi connectivity index (χ0) is 9.42. The molecule has 0 unspecified atom stereocenters. The van der Waals surface area contributed by atoms with Crippen molar-refractivity contribution in [2.45, 2.75) is 5.33 Å². The first kappa shape index (κ1) is 9.86. The monoisotopic (exact) mass is 370 g/mol. The highest BCUT2D eigenvalue weighted by molar-refractivity contribution is 14.1. The van der Waals surface area contributed by atoms with Crippen LogP contribution in [0.5, 0.6) is 0 Å². The molecule has 2 aromatic rings. The van der Waals surface area contributed by atoms with Gasteiger partial charge in [-0.15, -0.1) is 11.3 Å². The molecule has 1 aromatic carbocycles. The number of thiophene rings is 1. The lowest BCUT2D eigenvalue weighted by molar-refractivity contribution is 0.634. The predicted octanol–water partition coefficient (Wildman–Crippen LogP) is 4.54. The maximum atomic E-state index is 13.5. The second kappa shape index (κ2) is 3.82. The van der Waals surface area contributed by atoms with Crippen molar-refractivity contribution >= 4 is 59.9 Å². The van der Waals surface area contributed by atoms with Gasteiger partial charge in [0.1, 0.15) is 0 Å². The van der Waals surface area contributed by atoms with E-state index < -0.39 is 0 Å². The fourth-order valence-electron chi connectivity index (χ4n) is 1.20. The smallest absolute Gasteiger partial charge is 0.154 e. The van der Waals surface area contributed by atoms with Crippen LogP contribution < -0.4 is 0 Å². The van der Waals surface area contributed by atoms with Gasteiger partial charge in [0.05, 0.1) is 8.27 Å². The minimum atomic E-state index is -0.0877. The molecule has 0 aliphatic carbocycles. The highest BCUT2D eigenvalue weighted by atomic mass is 127. The zero-order valence-corrected chi connectivity index (χ0v) is 11.0. The highest BCUT2D eigenvalue weighted by Gasteiger charge is 2.09. The van der Waals surface area contributed by atoms with Crippen molar-refractivity contribution in [3.63, 3.8) is 0 Å². The van der Waals surface area contributed by atoms with E-state index in [4.69, 9.17) is 0 Å². The summed E-state index contributed by atoms with van der Waals surface area (Å²) in [7, 11) is 0. The molecule has 0 saturated heterocycles. The van der Waals surface area contributed by atoms with Gasteiger partial charge in [0.25, 0.3) is 0 Å². The molecule has 0 amide bonds. The van der Waals surface area contributed by atoms with Crippen LogP contribution in [-0.2, 0) is 5.33 Å². The first-order valence-corrected chi connectivity index (χ1v) is 6.72. The first-order valence-electron chi connectivity index (χ1n) is 3.64. The second-order valence-corrected chi connectivity index (χ2v) is 5.24. The number of hydrogen-bond acceptors (Lipinski definition) is 1. The number of fused-ring (bicyclic) bond motifs is 1. The Balaban J connectivity index is 2.81. The van der Waals surface area contributed by atoms with E-state index in [1.54, 1.807) is 0 Å². The summed E-state index contributed by atoms with van der Waals surface area (Å²) in [4.78, 5) is 0. The minimum Gasteiger partial charge on any atom is -0.204 e. The number of benzene rings is 1. The molecule has 0 spiro atoms. The molecule has 0 aliphatic heterocycles. The first-order chi connectivity index (χ1) is 6.24. The Hall–Kier alpha value is 0.320. The van der Waals surface area contributed by atoms with Gasteiger partial charge in [-0.1, -0.05) is 22.0 Å². The molecule has 2 rings (SSSR count). The van der Waals surface area contributed by atoms with Gasteiger partial charge in [0, 0.05) is 5.33 Å². The van der Waals surface area contributed by atoms with Gasteiger partial charge in [-0.2, -0.15) is 0 Å². The second-order valence-electron chi connectivity index (χ2n) is 2.63. The molecule has 1 aromatic heterocycles. The van der Waals surface area contributed by atoms with Crippen LogP contribution in [0.4, 0.5) is 4.39 Å². The molecule has 0 aliphatic rings. The van der Waals surface area contributed by atoms with Crippen molar-refractivity contribution in [2.75, 3.05) is 0 Å². The van der Waals surface area contributed by atoms with Gasteiger partial charge in [0.2, 0.25) is 0 Å². The maximum absolute atomic E-state index is 13.5. The van der Waals surface area contributed by atoms with E-state index in [-0.39, 0.29) is 5.82 Å². The van der Waals surface area contributed by atoms with Crippen molar-refractivity contribution in [1.82, 2.24) is 0 Å². The molecule has 0 N–H and O–H groups in total. The lowest BCUT2D eigenvalue weighted by Gasteiger charge is -1.96. The topological polar surface area (TPSA) is 0 Å². The summed E-state index contributed by atoms with van der Waals surface area (Å²) in [6.07, 6.45) is 0. The van der Waals surface area contributed by atoms with Crippen LogP contribution in [0.1, 0.15) is 5.56 Å². The Morgan fingerprint density at radius 2 is 2.23 bits per heavy atom. The predicted molar refractivity (Wildman–Crippen MR) is 67.1 cm³/mol. The maximum Gasteiger partial charge on any atom is 0.154 e. The third-order valence-corrected chi connectivity index (χ3v) is 4.33. The van der Waals surface area contributed by atoms with E-state index in [0.29, 0.717) is 3.57 Å². The van der Waals surface area contributed by atoms with Crippen molar-refractivity contribution in [1.29, 1.82) is 0 Å². The molecule has 13 heavy (non-hydrogen) atoms. The van der Waals surface area contributed by atoms with Gasteiger partial charge in [0.15, 0.2) is 5.82 Å². The van der Waals surface area contributed by atoms with Gasteiger partial charge in [-0.05, 0) is 45.0 Å². The van der Waals surface area contributed by atoms with Crippen molar-refractivity contribution in [2.24, 2.45) is 0 Å². The van der Waals surface area contributed by atoms with E-state index in [0.717, 1.165) is 21.0 Å². The van der Waals surface area contributed by atoms with Crippen LogP contribution in [0.3, 0.4) is 0 Å². The van der Waals surface area contributed by atoms with E-state index in [2.05, 4.69) is 15.9 Å². The zero-order valence-electron chi connectivity index (χ0n) is 6.48. The Kier molecular flexibility index (Phi) is 2.90. The summed E-state index contributed by atoms with van der Waals surface area (Å²) in [6, 6.07) is 3.80. The normalized spacial score (nSPS) is 11.0. The number of rotatable bonds is 1. The summed E-state index contributed by atoms with van der Waals surface area (Å²) >= 11 is 6.87. The molecule has 68 valence electrons. The van der Waals surface area contributed by atoms with Gasteiger partial charge in [-0.25, -0.2) is 4.39 Å². The third-order valence-electron chi connectivity index (χ3n) is 1.86. The molecule has 0 saturated carbocycles. The van der Waals surface area contributed by atoms with Gasteiger partial charge < -0.3 is 0 Å². The molecule has 1 heterocycles. The van der Waals surface area contributed by atoms with Crippen LogP contribution in [0.2, 0.25) is 0 Å². The minimum absolute atomic E-state index is 0.0877. The summed E-state index contributed by atoms with van der Waals surface area (Å²) in [5.41, 5.74) is 1.16. The van der Waals surface area contributed by atoms with E-state index in [1.165, 1.54) is 11.3 Å². The van der Waals surface area contributed by atoms with E-state index >= 15 is 0 Å². The molecule has 0 bridgehead atoms. The number of hydrogen-bond donors (Lipinski definition) is 0. The average molecular weight is 371 g/mol. The molecule has 0 fully saturated rings. The molecular formula is C9H5BrFIS. The Morgan fingerprint density at radius 1 is 1.46 bits per heavy atom. The molecule has 0 radical (unpaired) electrons. The number of alkyl halides is 1. The molecule has 4 heteroatoms. The third kappa shape index (κ3) is 1.64. The molecule has 0 atom stereocenters. The lowest BCUT2D eigenvalue weighted by atomic mass is 10.2. The summed E-state index contributed by atoms with van der Waals surface area (Å²) in [5.74, 6) is -0.0877. The van der Waals surface area contributed by atoms with Gasteiger partial charge >= 0.3 is 0 Å². The highest BCUT2D eigenvalue weighted by Crippen LogP contribution is 2.31. The average Bonchev–Trinajstić information content (AvgIpc) is 2.55. The van der Waals surface area contributed by atoms with E-state index in [9.17, 15) is 4.39 Å². The summed E-state index contributed by atoms with van der Waals surface area (Å²) in [5, 5.41) is 3.81. The Morgan fingerprint density at radius 3 is 2.92 bits per heavy atom. The lowest BCUT2D eigenvalue weighted by Crippen LogP contribution is -1.81. The Bertz CT molecular complexity index is 452. The van der Waals surface area contributed by atoms with Crippen LogP contribution in [0.25, 0.3) is 10.1 Å². The van der Waals surface area contributed by atoms with Crippen LogP contribution in [0, 0.1) is 9.39 Å². The SMILES string of the molecule is Fc1c(I)ccc2c(CBr)csc12. The quantitative estimate of drug-likeness (QED) is 0.510. The standard InChI is InChI=1S/C9H5BrFIS/c10-3-5-4-13-9-6(5)1-2-7(12)8(9)11/h1-2,4H,3H2.